The molecule has 6 heteroatoms. The van der Waals surface area contributed by atoms with Gasteiger partial charge >= 0.3 is 0 Å². The van der Waals surface area contributed by atoms with Gasteiger partial charge in [-0.1, -0.05) is 12.1 Å². The quantitative estimate of drug-likeness (QED) is 0.519. The van der Waals surface area contributed by atoms with Crippen molar-refractivity contribution in [3.8, 4) is 5.75 Å². The maximum absolute atomic E-state index is 13.2. The molecule has 0 saturated carbocycles. The van der Waals surface area contributed by atoms with Gasteiger partial charge < -0.3 is 25.0 Å². The smallest absolute Gasteiger partial charge is 0.165 e. The Morgan fingerprint density at radius 2 is 2.05 bits per heavy atom. The van der Waals surface area contributed by atoms with E-state index in [0.29, 0.717) is 26.3 Å². The van der Waals surface area contributed by atoms with E-state index >= 15 is 0 Å². The Morgan fingerprint density at radius 1 is 1.25 bits per heavy atom. The van der Waals surface area contributed by atoms with E-state index in [4.69, 9.17) is 14.6 Å². The van der Waals surface area contributed by atoms with Crippen LogP contribution in [0.5, 0.6) is 5.75 Å². The molecule has 0 bridgehead atoms. The van der Waals surface area contributed by atoms with Gasteiger partial charge in [-0.15, -0.1) is 0 Å². The van der Waals surface area contributed by atoms with E-state index in [2.05, 4.69) is 5.32 Å². The molecular weight excluding hydrogens is 265 g/mol. The molecule has 1 unspecified atom stereocenters. The van der Waals surface area contributed by atoms with Crippen LogP contribution in [0, 0.1) is 5.82 Å². The van der Waals surface area contributed by atoms with Crippen molar-refractivity contribution >= 4 is 0 Å². The molecular formula is C14H22FNO4. The van der Waals surface area contributed by atoms with E-state index in [9.17, 15) is 9.50 Å². The van der Waals surface area contributed by atoms with Crippen LogP contribution in [0.2, 0.25) is 0 Å². The molecule has 114 valence electrons. The third-order valence-corrected chi connectivity index (χ3v) is 2.53. The number of halogens is 1. The molecule has 0 radical (unpaired) electrons. The lowest BCUT2D eigenvalue weighted by atomic mass is 10.3. The zero-order valence-corrected chi connectivity index (χ0v) is 11.4. The lowest BCUT2D eigenvalue weighted by molar-refractivity contribution is 0.0872. The molecule has 1 aromatic rings. The van der Waals surface area contributed by atoms with Crippen LogP contribution in [0.25, 0.3) is 0 Å². The summed E-state index contributed by atoms with van der Waals surface area (Å²) in [4.78, 5) is 0. The fraction of sp³-hybridized carbons (Fsp3) is 0.571. The van der Waals surface area contributed by atoms with Crippen LogP contribution < -0.4 is 10.1 Å². The fourth-order valence-electron chi connectivity index (χ4n) is 1.54. The number of hydrogen-bond acceptors (Lipinski definition) is 5. The van der Waals surface area contributed by atoms with Crippen LogP contribution in [-0.4, -0.2) is 55.8 Å². The average Bonchev–Trinajstić information content (AvgIpc) is 2.45. The molecule has 0 aliphatic rings. The minimum atomic E-state index is -0.701. The minimum absolute atomic E-state index is 0.0273. The summed E-state index contributed by atoms with van der Waals surface area (Å²) in [6.07, 6.45) is 0.0916. The van der Waals surface area contributed by atoms with Crippen LogP contribution in [0.15, 0.2) is 24.3 Å². The second kappa shape index (κ2) is 10.6. The number of nitrogens with one attached hydrogen (secondary N) is 1. The van der Waals surface area contributed by atoms with Gasteiger partial charge in [-0.2, -0.15) is 0 Å². The first-order valence-corrected chi connectivity index (χ1v) is 6.68. The monoisotopic (exact) mass is 287 g/mol. The van der Waals surface area contributed by atoms with Crippen molar-refractivity contribution in [2.24, 2.45) is 0 Å². The van der Waals surface area contributed by atoms with Crippen LogP contribution in [-0.2, 0) is 4.74 Å². The van der Waals surface area contributed by atoms with E-state index in [0.717, 1.165) is 6.42 Å². The third-order valence-electron chi connectivity index (χ3n) is 2.53. The predicted molar refractivity (Wildman–Crippen MR) is 73.3 cm³/mol. The molecule has 3 N–H and O–H groups in total. The molecule has 5 nitrogen and oxygen atoms in total. The molecule has 1 atom stereocenters. The first-order chi connectivity index (χ1) is 9.74. The lowest BCUT2D eigenvalue weighted by Gasteiger charge is -2.13. The second-order valence-corrected chi connectivity index (χ2v) is 4.29. The van der Waals surface area contributed by atoms with E-state index < -0.39 is 11.9 Å². The van der Waals surface area contributed by atoms with Crippen molar-refractivity contribution in [3.05, 3.63) is 30.1 Å². The van der Waals surface area contributed by atoms with Crippen LogP contribution in [0.4, 0.5) is 4.39 Å². The average molecular weight is 287 g/mol. The highest BCUT2D eigenvalue weighted by molar-refractivity contribution is 5.23. The molecule has 1 aromatic carbocycles. The van der Waals surface area contributed by atoms with Gasteiger partial charge in [-0.25, -0.2) is 4.39 Å². The Kier molecular flexibility index (Phi) is 8.90. The van der Waals surface area contributed by atoms with E-state index in [1.54, 1.807) is 12.1 Å². The maximum Gasteiger partial charge on any atom is 0.165 e. The Morgan fingerprint density at radius 3 is 2.80 bits per heavy atom. The predicted octanol–water partition coefficient (Wildman–Crippen LogP) is 0.554. The van der Waals surface area contributed by atoms with Gasteiger partial charge in [0.15, 0.2) is 11.6 Å². The molecule has 0 spiro atoms. The van der Waals surface area contributed by atoms with Gasteiger partial charge in [0.05, 0.1) is 13.2 Å². The van der Waals surface area contributed by atoms with E-state index in [1.807, 2.05) is 0 Å². The van der Waals surface area contributed by atoms with Crippen molar-refractivity contribution in [1.82, 2.24) is 5.32 Å². The van der Waals surface area contributed by atoms with Gasteiger partial charge in [-0.05, 0) is 25.1 Å². The zero-order valence-electron chi connectivity index (χ0n) is 11.4. The Hall–Kier alpha value is -1.21. The summed E-state index contributed by atoms with van der Waals surface area (Å²) in [6, 6.07) is 6.09. The van der Waals surface area contributed by atoms with Crippen LogP contribution in [0.1, 0.15) is 6.42 Å². The lowest BCUT2D eigenvalue weighted by Crippen LogP contribution is -2.32. The number of ether oxygens (including phenoxy) is 2. The summed E-state index contributed by atoms with van der Waals surface area (Å²) < 4.78 is 23.5. The van der Waals surface area contributed by atoms with Gasteiger partial charge in [0.1, 0.15) is 12.7 Å². The number of aliphatic hydroxyl groups is 2. The van der Waals surface area contributed by atoms with Gasteiger partial charge in [0.25, 0.3) is 0 Å². The SMILES string of the molecule is OCCOCCCNCC(O)COc1ccccc1F. The van der Waals surface area contributed by atoms with Crippen LogP contribution in [0.3, 0.4) is 0 Å². The van der Waals surface area contributed by atoms with Crippen molar-refractivity contribution < 1.29 is 24.1 Å². The first-order valence-electron chi connectivity index (χ1n) is 6.68. The maximum atomic E-state index is 13.2. The number of hydrogen-bond donors (Lipinski definition) is 3. The summed E-state index contributed by atoms with van der Waals surface area (Å²) in [5, 5.41) is 21.2. The summed E-state index contributed by atoms with van der Waals surface area (Å²) >= 11 is 0. The molecule has 0 aromatic heterocycles. The number of para-hydroxylation sites is 1. The number of benzene rings is 1. The largest absolute Gasteiger partial charge is 0.488 e. The minimum Gasteiger partial charge on any atom is -0.488 e. The first kappa shape index (κ1) is 16.8. The van der Waals surface area contributed by atoms with Crippen LogP contribution >= 0.6 is 0 Å². The third kappa shape index (κ3) is 7.40. The van der Waals surface area contributed by atoms with Gasteiger partial charge in [0.2, 0.25) is 0 Å². The molecule has 1 rings (SSSR count). The van der Waals surface area contributed by atoms with Crippen molar-refractivity contribution in [2.45, 2.75) is 12.5 Å². The highest BCUT2D eigenvalue weighted by Gasteiger charge is 2.07. The standard InChI is InChI=1S/C14H22FNO4/c15-13-4-1-2-5-14(13)20-11-12(18)10-16-6-3-8-19-9-7-17/h1-2,4-5,12,16-18H,3,6-11H2. The molecule has 20 heavy (non-hydrogen) atoms. The van der Waals surface area contributed by atoms with E-state index in [-0.39, 0.29) is 19.0 Å². The number of aliphatic hydroxyl groups excluding tert-OH is 2. The topological polar surface area (TPSA) is 71.0 Å². The summed E-state index contributed by atoms with van der Waals surface area (Å²) in [5.74, 6) is -0.294. The fourth-order valence-corrected chi connectivity index (χ4v) is 1.54. The molecule has 0 aliphatic heterocycles. The summed E-state index contributed by atoms with van der Waals surface area (Å²) in [7, 11) is 0. The molecule has 0 heterocycles. The Labute approximate surface area is 118 Å². The second-order valence-electron chi connectivity index (χ2n) is 4.29. The van der Waals surface area contributed by atoms with Gasteiger partial charge in [0, 0.05) is 13.2 Å². The Bertz CT molecular complexity index is 365. The zero-order chi connectivity index (χ0) is 14.6. The summed E-state index contributed by atoms with van der Waals surface area (Å²) in [5.41, 5.74) is 0. The summed E-state index contributed by atoms with van der Waals surface area (Å²) in [6.45, 7) is 2.04. The normalized spacial score (nSPS) is 12.3. The van der Waals surface area contributed by atoms with Gasteiger partial charge in [-0.3, -0.25) is 0 Å². The highest BCUT2D eigenvalue weighted by Crippen LogP contribution is 2.15. The van der Waals surface area contributed by atoms with Crippen molar-refractivity contribution in [1.29, 1.82) is 0 Å². The highest BCUT2D eigenvalue weighted by atomic mass is 19.1. The van der Waals surface area contributed by atoms with Crippen molar-refractivity contribution in [2.75, 3.05) is 39.5 Å². The Balaban J connectivity index is 2.03. The van der Waals surface area contributed by atoms with E-state index in [1.165, 1.54) is 12.1 Å². The molecule has 0 saturated heterocycles. The molecule has 0 amide bonds. The molecule has 0 fully saturated rings. The number of rotatable bonds is 11. The molecule has 0 aliphatic carbocycles. The van der Waals surface area contributed by atoms with Crippen molar-refractivity contribution in [3.63, 3.8) is 0 Å².